The van der Waals surface area contributed by atoms with Crippen molar-refractivity contribution >= 4 is 23.6 Å². The van der Waals surface area contributed by atoms with Crippen molar-refractivity contribution in [2.24, 2.45) is 0 Å². The van der Waals surface area contributed by atoms with Crippen LogP contribution < -0.4 is 5.32 Å². The molecule has 0 aromatic heterocycles. The van der Waals surface area contributed by atoms with Crippen LogP contribution in [0.3, 0.4) is 0 Å². The van der Waals surface area contributed by atoms with Gasteiger partial charge in [0.15, 0.2) is 0 Å². The third kappa shape index (κ3) is 2.60. The molecule has 1 heterocycles. The molecule has 0 saturated carbocycles. The summed E-state index contributed by atoms with van der Waals surface area (Å²) in [5, 5.41) is 3.03. The fourth-order valence-electron chi connectivity index (χ4n) is 2.22. The van der Waals surface area contributed by atoms with Gasteiger partial charge in [-0.15, -0.1) is 0 Å². The van der Waals surface area contributed by atoms with Gasteiger partial charge in [-0.2, -0.15) is 0 Å². The standard InChI is InChI=1S/C17H17NOS/c1-12-7-8-17-14(9-12)15(19-11-18-2)10-13-5-3-4-6-16(13)20-17/h3-10,18H,11H2,1-2H3. The molecular weight excluding hydrogens is 266 g/mol. The summed E-state index contributed by atoms with van der Waals surface area (Å²) >= 11 is 1.80. The minimum Gasteiger partial charge on any atom is -0.478 e. The van der Waals surface area contributed by atoms with Gasteiger partial charge in [0.05, 0.1) is 0 Å². The summed E-state index contributed by atoms with van der Waals surface area (Å²) < 4.78 is 5.89. The fourth-order valence-corrected chi connectivity index (χ4v) is 3.26. The lowest BCUT2D eigenvalue weighted by Crippen LogP contribution is -2.11. The molecule has 3 heteroatoms. The quantitative estimate of drug-likeness (QED) is 0.855. The Labute approximate surface area is 123 Å². The highest BCUT2D eigenvalue weighted by Gasteiger charge is 2.16. The van der Waals surface area contributed by atoms with E-state index in [4.69, 9.17) is 4.74 Å². The van der Waals surface area contributed by atoms with E-state index >= 15 is 0 Å². The molecule has 3 rings (SSSR count). The zero-order valence-electron chi connectivity index (χ0n) is 11.6. The number of ether oxygens (including phenoxy) is 1. The van der Waals surface area contributed by atoms with Gasteiger partial charge in [-0.25, -0.2) is 0 Å². The zero-order chi connectivity index (χ0) is 13.9. The molecule has 2 aromatic rings. The van der Waals surface area contributed by atoms with E-state index in [2.05, 4.69) is 60.8 Å². The van der Waals surface area contributed by atoms with E-state index in [1.165, 1.54) is 26.5 Å². The molecule has 0 fully saturated rings. The van der Waals surface area contributed by atoms with E-state index in [1.807, 2.05) is 7.05 Å². The summed E-state index contributed by atoms with van der Waals surface area (Å²) in [5.41, 5.74) is 3.62. The van der Waals surface area contributed by atoms with E-state index in [1.54, 1.807) is 11.8 Å². The number of aryl methyl sites for hydroxylation is 1. The van der Waals surface area contributed by atoms with Gasteiger partial charge in [0.25, 0.3) is 0 Å². The van der Waals surface area contributed by atoms with Crippen LogP contribution in [0.5, 0.6) is 0 Å². The molecule has 0 amide bonds. The Hall–Kier alpha value is -1.71. The van der Waals surface area contributed by atoms with Crippen LogP contribution in [0.2, 0.25) is 0 Å². The largest absolute Gasteiger partial charge is 0.478 e. The van der Waals surface area contributed by atoms with Crippen molar-refractivity contribution in [1.82, 2.24) is 5.32 Å². The van der Waals surface area contributed by atoms with Crippen molar-refractivity contribution in [3.05, 3.63) is 59.2 Å². The van der Waals surface area contributed by atoms with Gasteiger partial charge in [-0.05, 0) is 43.8 Å². The Morgan fingerprint density at radius 1 is 1.10 bits per heavy atom. The monoisotopic (exact) mass is 283 g/mol. The molecule has 0 aliphatic carbocycles. The lowest BCUT2D eigenvalue weighted by Gasteiger charge is -2.12. The fraction of sp³-hybridized carbons (Fsp3) is 0.176. The Kier molecular flexibility index (Phi) is 3.81. The van der Waals surface area contributed by atoms with Crippen LogP contribution in [0.25, 0.3) is 11.8 Å². The Morgan fingerprint density at radius 3 is 2.80 bits per heavy atom. The number of hydrogen-bond donors (Lipinski definition) is 1. The Bertz CT molecular complexity index is 664. The summed E-state index contributed by atoms with van der Waals surface area (Å²) in [6.45, 7) is 2.62. The Balaban J connectivity index is 2.13. The van der Waals surface area contributed by atoms with Crippen LogP contribution >= 0.6 is 11.8 Å². The molecule has 0 radical (unpaired) electrons. The van der Waals surface area contributed by atoms with Crippen LogP contribution in [0.15, 0.2) is 52.3 Å². The van der Waals surface area contributed by atoms with Crippen LogP contribution in [-0.2, 0) is 4.74 Å². The summed E-state index contributed by atoms with van der Waals surface area (Å²) in [6, 6.07) is 14.9. The first-order valence-corrected chi connectivity index (χ1v) is 7.46. The van der Waals surface area contributed by atoms with Gasteiger partial charge in [0.2, 0.25) is 0 Å². The van der Waals surface area contributed by atoms with Gasteiger partial charge in [-0.3, -0.25) is 5.32 Å². The van der Waals surface area contributed by atoms with E-state index in [9.17, 15) is 0 Å². The van der Waals surface area contributed by atoms with Crippen molar-refractivity contribution < 1.29 is 4.74 Å². The maximum Gasteiger partial charge on any atom is 0.139 e. The van der Waals surface area contributed by atoms with E-state index in [-0.39, 0.29) is 0 Å². The third-order valence-electron chi connectivity index (χ3n) is 3.20. The molecule has 2 nitrogen and oxygen atoms in total. The number of rotatable bonds is 3. The first-order chi connectivity index (χ1) is 9.78. The van der Waals surface area contributed by atoms with Gasteiger partial charge in [0.1, 0.15) is 12.5 Å². The highest BCUT2D eigenvalue weighted by Crippen LogP contribution is 2.40. The molecule has 2 aromatic carbocycles. The zero-order valence-corrected chi connectivity index (χ0v) is 12.5. The molecule has 1 aliphatic rings. The van der Waals surface area contributed by atoms with Crippen LogP contribution in [-0.4, -0.2) is 13.8 Å². The van der Waals surface area contributed by atoms with E-state index < -0.39 is 0 Å². The van der Waals surface area contributed by atoms with Crippen molar-refractivity contribution in [3.63, 3.8) is 0 Å². The normalized spacial score (nSPS) is 13.0. The highest BCUT2D eigenvalue weighted by atomic mass is 32.2. The molecule has 0 saturated heterocycles. The first-order valence-electron chi connectivity index (χ1n) is 6.65. The molecule has 20 heavy (non-hydrogen) atoms. The average molecular weight is 283 g/mol. The number of fused-ring (bicyclic) bond motifs is 2. The topological polar surface area (TPSA) is 21.3 Å². The number of hydrogen-bond acceptors (Lipinski definition) is 3. The van der Waals surface area contributed by atoms with Crippen LogP contribution in [0.4, 0.5) is 0 Å². The molecular formula is C17H17NOS. The van der Waals surface area contributed by atoms with Crippen molar-refractivity contribution in [1.29, 1.82) is 0 Å². The molecule has 0 spiro atoms. The lowest BCUT2D eigenvalue weighted by atomic mass is 10.1. The SMILES string of the molecule is CNCOC1=Cc2ccccc2Sc2ccc(C)cc21. The van der Waals surface area contributed by atoms with Gasteiger partial charge in [-0.1, -0.05) is 41.6 Å². The molecule has 102 valence electrons. The molecule has 0 unspecified atom stereocenters. The smallest absolute Gasteiger partial charge is 0.139 e. The predicted molar refractivity (Wildman–Crippen MR) is 84.6 cm³/mol. The average Bonchev–Trinajstić information content (AvgIpc) is 2.61. The highest BCUT2D eigenvalue weighted by molar-refractivity contribution is 7.99. The summed E-state index contributed by atoms with van der Waals surface area (Å²) in [5.74, 6) is 0.926. The second-order valence-electron chi connectivity index (χ2n) is 4.79. The first kappa shape index (κ1) is 13.3. The summed E-state index contributed by atoms with van der Waals surface area (Å²) in [7, 11) is 1.89. The van der Waals surface area contributed by atoms with Gasteiger partial charge < -0.3 is 4.74 Å². The van der Waals surface area contributed by atoms with E-state index in [0.717, 1.165) is 5.76 Å². The summed E-state index contributed by atoms with van der Waals surface area (Å²) in [4.78, 5) is 2.50. The van der Waals surface area contributed by atoms with Crippen LogP contribution in [0, 0.1) is 6.92 Å². The van der Waals surface area contributed by atoms with Gasteiger partial charge in [0, 0.05) is 15.4 Å². The molecule has 0 atom stereocenters. The molecule has 0 bridgehead atoms. The minimum atomic E-state index is 0.506. The van der Waals surface area contributed by atoms with Crippen molar-refractivity contribution in [2.45, 2.75) is 16.7 Å². The second-order valence-corrected chi connectivity index (χ2v) is 5.87. The van der Waals surface area contributed by atoms with E-state index in [0.29, 0.717) is 6.73 Å². The number of benzene rings is 2. The summed E-state index contributed by atoms with van der Waals surface area (Å²) in [6.07, 6.45) is 2.13. The van der Waals surface area contributed by atoms with Crippen LogP contribution in [0.1, 0.15) is 16.7 Å². The predicted octanol–water partition coefficient (Wildman–Crippen LogP) is 4.15. The second kappa shape index (κ2) is 5.73. The molecule has 1 N–H and O–H groups in total. The third-order valence-corrected chi connectivity index (χ3v) is 4.37. The maximum atomic E-state index is 5.89. The van der Waals surface area contributed by atoms with Crippen molar-refractivity contribution in [2.75, 3.05) is 13.8 Å². The minimum absolute atomic E-state index is 0.506. The number of nitrogens with one attached hydrogen (secondary N) is 1. The Morgan fingerprint density at radius 2 is 1.95 bits per heavy atom. The van der Waals surface area contributed by atoms with Crippen molar-refractivity contribution in [3.8, 4) is 0 Å². The van der Waals surface area contributed by atoms with Gasteiger partial charge >= 0.3 is 0 Å². The molecule has 1 aliphatic heterocycles. The lowest BCUT2D eigenvalue weighted by molar-refractivity contribution is 0.258. The maximum absolute atomic E-state index is 5.89.